The van der Waals surface area contributed by atoms with E-state index < -0.39 is 0 Å². The second-order valence-corrected chi connectivity index (χ2v) is 3.85. The highest BCUT2D eigenvalue weighted by Crippen LogP contribution is 2.25. The van der Waals surface area contributed by atoms with E-state index in [-0.39, 0.29) is 11.7 Å². The lowest BCUT2D eigenvalue weighted by Gasteiger charge is -2.07. The summed E-state index contributed by atoms with van der Waals surface area (Å²) in [6.45, 7) is 2.78. The summed E-state index contributed by atoms with van der Waals surface area (Å²) >= 11 is 0. The predicted molar refractivity (Wildman–Crippen MR) is 66.5 cm³/mol. The fourth-order valence-electron chi connectivity index (χ4n) is 1.51. The van der Waals surface area contributed by atoms with Crippen LogP contribution in [0.4, 0.5) is 0 Å². The van der Waals surface area contributed by atoms with Gasteiger partial charge in [-0.3, -0.25) is 4.79 Å². The second-order valence-electron chi connectivity index (χ2n) is 3.85. The quantitative estimate of drug-likeness (QED) is 0.746. The van der Waals surface area contributed by atoms with Gasteiger partial charge in [0, 0.05) is 12.1 Å². The van der Waals surface area contributed by atoms with Gasteiger partial charge in [0.05, 0.1) is 7.11 Å². The van der Waals surface area contributed by atoms with E-state index in [1.165, 1.54) is 13.2 Å². The van der Waals surface area contributed by atoms with E-state index in [9.17, 15) is 9.90 Å². The Morgan fingerprint density at radius 2 is 2.18 bits per heavy atom. The molecule has 1 rings (SSSR count). The first-order valence-corrected chi connectivity index (χ1v) is 5.84. The number of hydrogen-bond donors (Lipinski definition) is 2. The molecule has 94 valence electrons. The first-order chi connectivity index (χ1) is 8.19. The minimum Gasteiger partial charge on any atom is -0.504 e. The number of methoxy groups -OCH3 is 1. The summed E-state index contributed by atoms with van der Waals surface area (Å²) in [7, 11) is 1.47. The monoisotopic (exact) mass is 237 g/mol. The number of amides is 1. The van der Waals surface area contributed by atoms with Crippen LogP contribution >= 0.6 is 0 Å². The molecule has 1 aromatic rings. The molecule has 0 aliphatic rings. The molecule has 4 heteroatoms. The van der Waals surface area contributed by atoms with E-state index in [0.717, 1.165) is 19.3 Å². The van der Waals surface area contributed by atoms with Crippen molar-refractivity contribution < 1.29 is 14.6 Å². The fraction of sp³-hybridized carbons (Fsp3) is 0.462. The van der Waals surface area contributed by atoms with Crippen LogP contribution in [-0.2, 0) is 0 Å². The number of phenols is 1. The number of hydrogen-bond acceptors (Lipinski definition) is 3. The Balaban J connectivity index is 2.54. The Bertz CT molecular complexity index is 377. The maximum absolute atomic E-state index is 11.7. The predicted octanol–water partition coefficient (Wildman–Crippen LogP) is 2.32. The molecule has 0 fully saturated rings. The molecule has 0 heterocycles. The molecule has 4 nitrogen and oxygen atoms in total. The highest BCUT2D eigenvalue weighted by Gasteiger charge is 2.08. The molecule has 17 heavy (non-hydrogen) atoms. The van der Waals surface area contributed by atoms with E-state index in [0.29, 0.717) is 17.9 Å². The Hall–Kier alpha value is -1.71. The van der Waals surface area contributed by atoms with E-state index in [2.05, 4.69) is 12.2 Å². The standard InChI is InChI=1S/C13H19NO3/c1-3-4-5-8-14-13(16)10-6-7-12(17-2)11(15)9-10/h6-7,9,15H,3-5,8H2,1-2H3,(H,14,16). The number of rotatable bonds is 6. The third kappa shape index (κ3) is 3.98. The summed E-state index contributed by atoms with van der Waals surface area (Å²) in [6.07, 6.45) is 3.21. The van der Waals surface area contributed by atoms with Gasteiger partial charge in [0.15, 0.2) is 11.5 Å². The van der Waals surface area contributed by atoms with E-state index in [4.69, 9.17) is 4.74 Å². The number of carbonyl (C=O) groups excluding carboxylic acids is 1. The third-order valence-corrected chi connectivity index (χ3v) is 2.51. The lowest BCUT2D eigenvalue weighted by atomic mass is 10.2. The molecular formula is C13H19NO3. The van der Waals surface area contributed by atoms with Crippen molar-refractivity contribution in [2.24, 2.45) is 0 Å². The highest BCUT2D eigenvalue weighted by atomic mass is 16.5. The number of aromatic hydroxyl groups is 1. The Morgan fingerprint density at radius 3 is 2.76 bits per heavy atom. The van der Waals surface area contributed by atoms with Gasteiger partial charge in [-0.05, 0) is 24.6 Å². The van der Waals surface area contributed by atoms with Gasteiger partial charge in [-0.1, -0.05) is 19.8 Å². The van der Waals surface area contributed by atoms with Crippen LogP contribution in [0.3, 0.4) is 0 Å². The summed E-state index contributed by atoms with van der Waals surface area (Å²) in [5.74, 6) is 0.181. The molecule has 0 saturated carbocycles. The third-order valence-electron chi connectivity index (χ3n) is 2.51. The fourth-order valence-corrected chi connectivity index (χ4v) is 1.51. The van der Waals surface area contributed by atoms with Crippen molar-refractivity contribution in [2.75, 3.05) is 13.7 Å². The summed E-state index contributed by atoms with van der Waals surface area (Å²) < 4.78 is 4.91. The smallest absolute Gasteiger partial charge is 0.251 e. The van der Waals surface area contributed by atoms with E-state index >= 15 is 0 Å². The summed E-state index contributed by atoms with van der Waals surface area (Å²) in [5, 5.41) is 12.4. The van der Waals surface area contributed by atoms with Gasteiger partial charge in [0.25, 0.3) is 5.91 Å². The van der Waals surface area contributed by atoms with Gasteiger partial charge >= 0.3 is 0 Å². The summed E-state index contributed by atoms with van der Waals surface area (Å²) in [4.78, 5) is 11.7. The van der Waals surface area contributed by atoms with Crippen LogP contribution < -0.4 is 10.1 Å². The number of unbranched alkanes of at least 4 members (excludes halogenated alkanes) is 2. The largest absolute Gasteiger partial charge is 0.504 e. The van der Waals surface area contributed by atoms with E-state index in [1.807, 2.05) is 0 Å². The van der Waals surface area contributed by atoms with Crippen molar-refractivity contribution in [3.63, 3.8) is 0 Å². The second kappa shape index (κ2) is 6.78. The van der Waals surface area contributed by atoms with Gasteiger partial charge in [0.2, 0.25) is 0 Å². The van der Waals surface area contributed by atoms with Gasteiger partial charge in [0.1, 0.15) is 0 Å². The van der Waals surface area contributed by atoms with Crippen molar-refractivity contribution in [3.05, 3.63) is 23.8 Å². The van der Waals surface area contributed by atoms with Crippen molar-refractivity contribution in [1.29, 1.82) is 0 Å². The maximum atomic E-state index is 11.7. The molecule has 0 saturated heterocycles. The molecule has 0 radical (unpaired) electrons. The van der Waals surface area contributed by atoms with Gasteiger partial charge in [-0.2, -0.15) is 0 Å². The SMILES string of the molecule is CCCCCNC(=O)c1ccc(OC)c(O)c1. The minimum absolute atomic E-state index is 0.0197. The zero-order valence-corrected chi connectivity index (χ0v) is 10.3. The molecule has 1 amide bonds. The number of nitrogens with one attached hydrogen (secondary N) is 1. The lowest BCUT2D eigenvalue weighted by molar-refractivity contribution is 0.0952. The summed E-state index contributed by atoms with van der Waals surface area (Å²) in [5.41, 5.74) is 0.444. The number of benzene rings is 1. The zero-order valence-electron chi connectivity index (χ0n) is 10.3. The number of ether oxygens (including phenoxy) is 1. The lowest BCUT2D eigenvalue weighted by Crippen LogP contribution is -2.24. The normalized spacial score (nSPS) is 10.0. The molecule has 0 aromatic heterocycles. The molecule has 1 aromatic carbocycles. The van der Waals surface area contributed by atoms with Crippen molar-refractivity contribution in [1.82, 2.24) is 5.32 Å². The van der Waals surface area contributed by atoms with Crippen LogP contribution in [0.2, 0.25) is 0 Å². The van der Waals surface area contributed by atoms with Crippen LogP contribution in [0.15, 0.2) is 18.2 Å². The topological polar surface area (TPSA) is 58.6 Å². The maximum Gasteiger partial charge on any atom is 0.251 e. The van der Waals surface area contributed by atoms with Crippen molar-refractivity contribution in [3.8, 4) is 11.5 Å². The molecule has 0 unspecified atom stereocenters. The van der Waals surface area contributed by atoms with Gasteiger partial charge in [-0.15, -0.1) is 0 Å². The van der Waals surface area contributed by atoms with Crippen LogP contribution in [0.25, 0.3) is 0 Å². The van der Waals surface area contributed by atoms with Crippen LogP contribution in [-0.4, -0.2) is 24.7 Å². The van der Waals surface area contributed by atoms with Crippen LogP contribution in [0.1, 0.15) is 36.5 Å². The Morgan fingerprint density at radius 1 is 1.41 bits per heavy atom. The van der Waals surface area contributed by atoms with Crippen molar-refractivity contribution >= 4 is 5.91 Å². The van der Waals surface area contributed by atoms with Gasteiger partial charge in [-0.25, -0.2) is 0 Å². The number of phenolic OH excluding ortho intramolecular Hbond substituents is 1. The molecule has 0 aliphatic carbocycles. The first-order valence-electron chi connectivity index (χ1n) is 5.84. The molecule has 2 N–H and O–H groups in total. The zero-order chi connectivity index (χ0) is 12.7. The number of carbonyl (C=O) groups is 1. The minimum atomic E-state index is -0.168. The molecule has 0 bridgehead atoms. The first kappa shape index (κ1) is 13.4. The average molecular weight is 237 g/mol. The molecule has 0 spiro atoms. The molecular weight excluding hydrogens is 218 g/mol. The Labute approximate surface area is 102 Å². The van der Waals surface area contributed by atoms with E-state index in [1.54, 1.807) is 12.1 Å². The summed E-state index contributed by atoms with van der Waals surface area (Å²) in [6, 6.07) is 4.62. The highest BCUT2D eigenvalue weighted by molar-refractivity contribution is 5.94. The van der Waals surface area contributed by atoms with Crippen LogP contribution in [0.5, 0.6) is 11.5 Å². The van der Waals surface area contributed by atoms with Crippen LogP contribution in [0, 0.1) is 0 Å². The molecule has 0 atom stereocenters. The van der Waals surface area contributed by atoms with Crippen molar-refractivity contribution in [2.45, 2.75) is 26.2 Å². The average Bonchev–Trinajstić information content (AvgIpc) is 2.34. The Kier molecular flexibility index (Phi) is 5.33. The van der Waals surface area contributed by atoms with Gasteiger partial charge < -0.3 is 15.2 Å². The molecule has 0 aliphatic heterocycles.